The van der Waals surface area contributed by atoms with E-state index in [4.69, 9.17) is 9.78 Å². The minimum Gasteiger partial charge on any atom is -0.333 e. The van der Waals surface area contributed by atoms with Gasteiger partial charge in [-0.15, -0.1) is 11.3 Å². The van der Waals surface area contributed by atoms with E-state index >= 15 is 0 Å². The first-order valence-electron chi connectivity index (χ1n) is 6.91. The van der Waals surface area contributed by atoms with Gasteiger partial charge in [0, 0.05) is 5.92 Å². The molecule has 0 spiro atoms. The van der Waals surface area contributed by atoms with Gasteiger partial charge < -0.3 is 4.52 Å². The van der Waals surface area contributed by atoms with Crippen LogP contribution >= 0.6 is 11.3 Å². The molecule has 0 aliphatic heterocycles. The van der Waals surface area contributed by atoms with Gasteiger partial charge in [0.1, 0.15) is 10.9 Å². The normalized spacial score (nSPS) is 18.9. The molecule has 2 aromatic rings. The Morgan fingerprint density at radius 1 is 1.35 bits per heavy atom. The molecule has 3 rings (SSSR count). The summed E-state index contributed by atoms with van der Waals surface area (Å²) in [5.74, 6) is 1.77. The zero-order chi connectivity index (χ0) is 14.2. The summed E-state index contributed by atoms with van der Waals surface area (Å²) in [5.41, 5.74) is 0.443. The Morgan fingerprint density at radius 2 is 2.10 bits per heavy atom. The molecule has 2 aromatic heterocycles. The lowest BCUT2D eigenvalue weighted by molar-refractivity contribution is 0.218. The fraction of sp³-hybridized carbons (Fsp3) is 0.533. The molecule has 2 heterocycles. The first-order chi connectivity index (χ1) is 9.57. The van der Waals surface area contributed by atoms with Crippen molar-refractivity contribution in [2.75, 3.05) is 0 Å². The van der Waals surface area contributed by atoms with Crippen LogP contribution in [0.25, 0.3) is 10.8 Å². The fourth-order valence-corrected chi connectivity index (χ4v) is 3.40. The number of nitrogens with zero attached hydrogens (tertiary/aromatic N) is 3. The van der Waals surface area contributed by atoms with Gasteiger partial charge in [0.15, 0.2) is 5.82 Å². The van der Waals surface area contributed by atoms with Gasteiger partial charge in [0.05, 0.1) is 4.88 Å². The molecular formula is C15H17N3OS. The van der Waals surface area contributed by atoms with Crippen LogP contribution in [0.2, 0.25) is 0 Å². The molecule has 1 aliphatic rings. The predicted molar refractivity (Wildman–Crippen MR) is 77.3 cm³/mol. The Kier molecular flexibility index (Phi) is 3.35. The molecule has 0 unspecified atom stereocenters. The van der Waals surface area contributed by atoms with Crippen molar-refractivity contribution in [2.45, 2.75) is 45.4 Å². The Morgan fingerprint density at radius 3 is 2.75 bits per heavy atom. The highest BCUT2D eigenvalue weighted by Gasteiger charge is 2.30. The van der Waals surface area contributed by atoms with E-state index in [1.165, 1.54) is 24.2 Å². The van der Waals surface area contributed by atoms with Crippen molar-refractivity contribution in [1.29, 1.82) is 5.26 Å². The highest BCUT2D eigenvalue weighted by molar-refractivity contribution is 7.15. The lowest BCUT2D eigenvalue weighted by atomic mass is 9.73. The summed E-state index contributed by atoms with van der Waals surface area (Å²) in [7, 11) is 0. The Balaban J connectivity index is 1.76. The molecule has 5 heteroatoms. The average molecular weight is 287 g/mol. The van der Waals surface area contributed by atoms with Crippen molar-refractivity contribution >= 4 is 11.3 Å². The summed E-state index contributed by atoms with van der Waals surface area (Å²) >= 11 is 1.39. The van der Waals surface area contributed by atoms with Crippen molar-refractivity contribution in [1.82, 2.24) is 10.1 Å². The Labute approximate surface area is 122 Å². The molecule has 0 amide bonds. The lowest BCUT2D eigenvalue weighted by Gasteiger charge is -2.32. The smallest absolute Gasteiger partial charge is 0.268 e. The second kappa shape index (κ2) is 5.02. The molecule has 0 aromatic carbocycles. The molecule has 1 aliphatic carbocycles. The second-order valence-corrected chi connectivity index (χ2v) is 7.26. The molecule has 104 valence electrons. The molecule has 0 bridgehead atoms. The van der Waals surface area contributed by atoms with Gasteiger partial charge in [-0.05, 0) is 43.2 Å². The van der Waals surface area contributed by atoms with Crippen molar-refractivity contribution in [2.24, 2.45) is 5.41 Å². The maximum Gasteiger partial charge on any atom is 0.268 e. The van der Waals surface area contributed by atoms with Crippen LogP contribution in [0, 0.1) is 16.7 Å². The number of hydrogen-bond acceptors (Lipinski definition) is 5. The molecule has 0 radical (unpaired) electrons. The van der Waals surface area contributed by atoms with E-state index in [0.29, 0.717) is 22.1 Å². The summed E-state index contributed by atoms with van der Waals surface area (Å²) in [4.78, 5) is 6.06. The summed E-state index contributed by atoms with van der Waals surface area (Å²) in [6, 6.07) is 5.78. The third-order valence-corrected chi connectivity index (χ3v) is 5.05. The van der Waals surface area contributed by atoms with Crippen LogP contribution in [-0.4, -0.2) is 10.1 Å². The first-order valence-corrected chi connectivity index (χ1v) is 7.73. The van der Waals surface area contributed by atoms with E-state index in [1.807, 2.05) is 6.07 Å². The van der Waals surface area contributed by atoms with Crippen molar-refractivity contribution < 1.29 is 4.52 Å². The SMILES string of the molecule is CC1(C)CCC(c2noc(-c3ccc(C#N)s3)n2)CC1. The molecule has 4 nitrogen and oxygen atoms in total. The molecule has 0 atom stereocenters. The number of thiophene rings is 1. The first kappa shape index (κ1) is 13.3. The molecular weight excluding hydrogens is 270 g/mol. The molecule has 1 saturated carbocycles. The molecule has 0 saturated heterocycles. The van der Waals surface area contributed by atoms with Gasteiger partial charge in [-0.3, -0.25) is 0 Å². The maximum absolute atomic E-state index is 8.85. The van der Waals surface area contributed by atoms with Gasteiger partial charge >= 0.3 is 0 Å². The highest BCUT2D eigenvalue weighted by Crippen LogP contribution is 2.42. The van der Waals surface area contributed by atoms with Crippen LogP contribution < -0.4 is 0 Å². The molecule has 1 fully saturated rings. The van der Waals surface area contributed by atoms with Crippen molar-refractivity contribution in [3.8, 4) is 16.8 Å². The van der Waals surface area contributed by atoms with Crippen molar-refractivity contribution in [3.63, 3.8) is 0 Å². The molecule has 20 heavy (non-hydrogen) atoms. The van der Waals surface area contributed by atoms with Crippen molar-refractivity contribution in [3.05, 3.63) is 22.8 Å². The average Bonchev–Trinajstić information content (AvgIpc) is 3.07. The van der Waals surface area contributed by atoms with E-state index < -0.39 is 0 Å². The van der Waals surface area contributed by atoms with Crippen LogP contribution in [0.3, 0.4) is 0 Å². The zero-order valence-corrected chi connectivity index (χ0v) is 12.5. The standard InChI is InChI=1S/C15H17N3OS/c1-15(2)7-5-10(6-8-15)13-17-14(19-18-13)12-4-3-11(9-16)20-12/h3-4,10H,5-8H2,1-2H3. The van der Waals surface area contributed by atoms with Gasteiger partial charge in [-0.1, -0.05) is 19.0 Å². The number of rotatable bonds is 2. The van der Waals surface area contributed by atoms with Gasteiger partial charge in [-0.25, -0.2) is 0 Å². The lowest BCUT2D eigenvalue weighted by Crippen LogP contribution is -2.20. The van der Waals surface area contributed by atoms with E-state index in [0.717, 1.165) is 23.5 Å². The van der Waals surface area contributed by atoms with Gasteiger partial charge in [0.2, 0.25) is 0 Å². The van der Waals surface area contributed by atoms with Gasteiger partial charge in [-0.2, -0.15) is 10.2 Å². The number of nitriles is 1. The minimum absolute atomic E-state index is 0.413. The monoisotopic (exact) mass is 287 g/mol. The Hall–Kier alpha value is -1.67. The van der Waals surface area contributed by atoms with E-state index in [2.05, 4.69) is 30.1 Å². The van der Waals surface area contributed by atoms with Crippen LogP contribution in [0.15, 0.2) is 16.7 Å². The van der Waals surface area contributed by atoms with E-state index in [1.54, 1.807) is 6.07 Å². The summed E-state index contributed by atoms with van der Waals surface area (Å²) in [6.07, 6.45) is 4.66. The predicted octanol–water partition coefficient (Wildman–Crippen LogP) is 4.35. The zero-order valence-electron chi connectivity index (χ0n) is 11.7. The fourth-order valence-electron chi connectivity index (χ4n) is 2.67. The summed E-state index contributed by atoms with van der Waals surface area (Å²) < 4.78 is 5.35. The molecule has 0 N–H and O–H groups in total. The number of hydrogen-bond donors (Lipinski definition) is 0. The quantitative estimate of drug-likeness (QED) is 0.823. The topological polar surface area (TPSA) is 62.7 Å². The summed E-state index contributed by atoms with van der Waals surface area (Å²) in [6.45, 7) is 4.64. The largest absolute Gasteiger partial charge is 0.333 e. The van der Waals surface area contributed by atoms with E-state index in [-0.39, 0.29) is 0 Å². The Bertz CT molecular complexity index is 640. The number of aromatic nitrogens is 2. The summed E-state index contributed by atoms with van der Waals surface area (Å²) in [5, 5.41) is 13.0. The minimum atomic E-state index is 0.413. The van der Waals surface area contributed by atoms with Crippen LogP contribution in [0.5, 0.6) is 0 Å². The third-order valence-electron chi connectivity index (χ3n) is 4.07. The maximum atomic E-state index is 8.85. The highest BCUT2D eigenvalue weighted by atomic mass is 32.1. The second-order valence-electron chi connectivity index (χ2n) is 6.17. The van der Waals surface area contributed by atoms with Crippen LogP contribution in [-0.2, 0) is 0 Å². The van der Waals surface area contributed by atoms with Crippen LogP contribution in [0.4, 0.5) is 0 Å². The van der Waals surface area contributed by atoms with Crippen LogP contribution in [0.1, 0.15) is 56.2 Å². The van der Waals surface area contributed by atoms with Gasteiger partial charge in [0.25, 0.3) is 5.89 Å². The van der Waals surface area contributed by atoms with E-state index in [9.17, 15) is 0 Å². The third kappa shape index (κ3) is 2.61.